The molecule has 0 radical (unpaired) electrons. The summed E-state index contributed by atoms with van der Waals surface area (Å²) in [5.74, 6) is 2.45. The lowest BCUT2D eigenvalue weighted by molar-refractivity contribution is 0.134. The number of likely N-dealkylation sites (N-methyl/N-ethyl adjacent to an activating group) is 1. The molecule has 0 atom stereocenters. The highest BCUT2D eigenvalue weighted by Crippen LogP contribution is 2.35. The van der Waals surface area contributed by atoms with Crippen LogP contribution < -0.4 is 19.5 Å². The fourth-order valence-corrected chi connectivity index (χ4v) is 4.51. The van der Waals surface area contributed by atoms with Gasteiger partial charge in [0.2, 0.25) is 0 Å². The standard InChI is InChI=1S/C27H35N5O3/c1-30-10-12-32(13-11-30)14-17-35-24-7-4-3-6-23(24)28-19-22-20-31(2)29-27(22)21-8-9-25-26(18-21)34-16-5-15-33-25/h3-4,6-9,18,20,28H,5,10-17,19H2,1-2H3. The summed E-state index contributed by atoms with van der Waals surface area (Å²) in [5.41, 5.74) is 4.04. The molecule has 8 nitrogen and oxygen atoms in total. The maximum atomic E-state index is 6.18. The molecule has 2 aliphatic rings. The first kappa shape index (κ1) is 23.5. The Morgan fingerprint density at radius 3 is 2.63 bits per heavy atom. The number of nitrogens with zero attached hydrogens (tertiary/aromatic N) is 4. The van der Waals surface area contributed by atoms with Crippen LogP contribution in [0.5, 0.6) is 17.2 Å². The number of nitrogens with one attached hydrogen (secondary N) is 1. The number of rotatable bonds is 8. The summed E-state index contributed by atoms with van der Waals surface area (Å²) in [6.45, 7) is 8.05. The SMILES string of the molecule is CN1CCN(CCOc2ccccc2NCc2cn(C)nc2-c2ccc3c(c2)OCCCO3)CC1. The summed E-state index contributed by atoms with van der Waals surface area (Å²) in [4.78, 5) is 4.84. The van der Waals surface area contributed by atoms with Crippen molar-refractivity contribution in [3.8, 4) is 28.5 Å². The minimum Gasteiger partial charge on any atom is -0.490 e. The molecule has 1 fully saturated rings. The van der Waals surface area contributed by atoms with Gasteiger partial charge in [0.15, 0.2) is 11.5 Å². The summed E-state index contributed by atoms with van der Waals surface area (Å²) < 4.78 is 19.7. The highest BCUT2D eigenvalue weighted by Gasteiger charge is 2.17. The average Bonchev–Trinajstić information content (AvgIpc) is 3.09. The first-order valence-electron chi connectivity index (χ1n) is 12.4. The smallest absolute Gasteiger partial charge is 0.161 e. The van der Waals surface area contributed by atoms with Crippen molar-refractivity contribution in [1.82, 2.24) is 19.6 Å². The van der Waals surface area contributed by atoms with Gasteiger partial charge in [0, 0.05) is 70.1 Å². The van der Waals surface area contributed by atoms with E-state index in [1.54, 1.807) is 0 Å². The Hall–Kier alpha value is -3.23. The number of fused-ring (bicyclic) bond motifs is 1. The van der Waals surface area contributed by atoms with Crippen molar-refractivity contribution in [3.05, 3.63) is 54.2 Å². The van der Waals surface area contributed by atoms with E-state index in [9.17, 15) is 0 Å². The zero-order valence-corrected chi connectivity index (χ0v) is 20.7. The normalized spacial score (nSPS) is 16.6. The molecule has 2 aromatic carbocycles. The number of para-hydroxylation sites is 2. The number of ether oxygens (including phenoxy) is 3. The van der Waals surface area contributed by atoms with Crippen molar-refractivity contribution in [2.75, 3.05) is 64.9 Å². The molecule has 3 aromatic rings. The highest BCUT2D eigenvalue weighted by molar-refractivity contribution is 5.67. The van der Waals surface area contributed by atoms with Crippen molar-refractivity contribution >= 4 is 5.69 Å². The quantitative estimate of drug-likeness (QED) is 0.533. The lowest BCUT2D eigenvalue weighted by Gasteiger charge is -2.32. The van der Waals surface area contributed by atoms with Crippen LogP contribution in [0.1, 0.15) is 12.0 Å². The summed E-state index contributed by atoms with van der Waals surface area (Å²) in [6, 6.07) is 14.2. The van der Waals surface area contributed by atoms with E-state index in [1.807, 2.05) is 42.1 Å². The molecule has 0 saturated carbocycles. The van der Waals surface area contributed by atoms with E-state index >= 15 is 0 Å². The van der Waals surface area contributed by atoms with Gasteiger partial charge in [0.05, 0.1) is 24.6 Å². The average molecular weight is 478 g/mol. The lowest BCUT2D eigenvalue weighted by Crippen LogP contribution is -2.45. The molecular formula is C27H35N5O3. The van der Waals surface area contributed by atoms with Gasteiger partial charge in [-0.1, -0.05) is 12.1 Å². The molecule has 2 aliphatic heterocycles. The Labute approximate surface area is 207 Å². The molecule has 0 unspecified atom stereocenters. The monoisotopic (exact) mass is 477 g/mol. The molecule has 8 heteroatoms. The topological polar surface area (TPSA) is 64.0 Å². The van der Waals surface area contributed by atoms with Crippen molar-refractivity contribution in [1.29, 1.82) is 0 Å². The molecule has 0 aliphatic carbocycles. The van der Waals surface area contributed by atoms with E-state index in [0.717, 1.165) is 78.9 Å². The summed E-state index contributed by atoms with van der Waals surface area (Å²) in [5, 5.41) is 8.30. The minimum absolute atomic E-state index is 0.635. The Morgan fingerprint density at radius 1 is 0.971 bits per heavy atom. The predicted molar refractivity (Wildman–Crippen MR) is 137 cm³/mol. The molecule has 1 aromatic heterocycles. The second kappa shape index (κ2) is 11.0. The van der Waals surface area contributed by atoms with E-state index in [4.69, 9.17) is 19.3 Å². The van der Waals surface area contributed by atoms with Gasteiger partial charge in [-0.15, -0.1) is 0 Å². The van der Waals surface area contributed by atoms with Crippen LogP contribution in [-0.2, 0) is 13.6 Å². The first-order chi connectivity index (χ1) is 17.2. The number of hydrogen-bond donors (Lipinski definition) is 1. The maximum absolute atomic E-state index is 6.18. The van der Waals surface area contributed by atoms with Gasteiger partial charge in [-0.3, -0.25) is 9.58 Å². The third-order valence-electron chi connectivity index (χ3n) is 6.54. The molecule has 186 valence electrons. The number of benzene rings is 2. The van der Waals surface area contributed by atoms with Crippen molar-refractivity contribution in [3.63, 3.8) is 0 Å². The van der Waals surface area contributed by atoms with Crippen LogP contribution in [0.25, 0.3) is 11.3 Å². The van der Waals surface area contributed by atoms with Crippen LogP contribution in [0.2, 0.25) is 0 Å². The van der Waals surface area contributed by atoms with E-state index in [1.165, 1.54) is 0 Å². The second-order valence-electron chi connectivity index (χ2n) is 9.23. The Bertz CT molecular complexity index is 1120. The van der Waals surface area contributed by atoms with E-state index in [0.29, 0.717) is 26.4 Å². The lowest BCUT2D eigenvalue weighted by atomic mass is 10.1. The van der Waals surface area contributed by atoms with Crippen LogP contribution in [0.3, 0.4) is 0 Å². The number of aromatic nitrogens is 2. The van der Waals surface area contributed by atoms with Crippen molar-refractivity contribution < 1.29 is 14.2 Å². The van der Waals surface area contributed by atoms with Crippen LogP contribution in [-0.4, -0.2) is 79.2 Å². The molecule has 3 heterocycles. The molecular weight excluding hydrogens is 442 g/mol. The van der Waals surface area contributed by atoms with E-state index in [-0.39, 0.29) is 0 Å². The zero-order chi connectivity index (χ0) is 24.0. The maximum Gasteiger partial charge on any atom is 0.161 e. The third kappa shape index (κ3) is 5.89. The van der Waals surface area contributed by atoms with Crippen molar-refractivity contribution in [2.24, 2.45) is 7.05 Å². The Balaban J connectivity index is 1.24. The molecule has 35 heavy (non-hydrogen) atoms. The molecule has 1 N–H and O–H groups in total. The molecule has 0 bridgehead atoms. The number of aryl methyl sites for hydroxylation is 1. The number of anilines is 1. The molecule has 1 saturated heterocycles. The van der Waals surface area contributed by atoms with Crippen molar-refractivity contribution in [2.45, 2.75) is 13.0 Å². The predicted octanol–water partition coefficient (Wildman–Crippen LogP) is 3.49. The van der Waals surface area contributed by atoms with Gasteiger partial charge in [0.1, 0.15) is 12.4 Å². The van der Waals surface area contributed by atoms with Gasteiger partial charge >= 0.3 is 0 Å². The van der Waals surface area contributed by atoms with Crippen LogP contribution in [0.15, 0.2) is 48.7 Å². The Kier molecular flexibility index (Phi) is 7.39. The van der Waals surface area contributed by atoms with Gasteiger partial charge in [-0.2, -0.15) is 5.10 Å². The summed E-state index contributed by atoms with van der Waals surface area (Å²) in [6.07, 6.45) is 2.95. The second-order valence-corrected chi connectivity index (χ2v) is 9.23. The first-order valence-corrected chi connectivity index (χ1v) is 12.4. The Morgan fingerprint density at radius 2 is 1.77 bits per heavy atom. The van der Waals surface area contributed by atoms with Crippen LogP contribution >= 0.6 is 0 Å². The van der Waals surface area contributed by atoms with Gasteiger partial charge in [-0.25, -0.2) is 0 Å². The fourth-order valence-electron chi connectivity index (χ4n) is 4.51. The van der Waals surface area contributed by atoms with Crippen LogP contribution in [0, 0.1) is 0 Å². The van der Waals surface area contributed by atoms with E-state index < -0.39 is 0 Å². The molecule has 0 amide bonds. The third-order valence-corrected chi connectivity index (χ3v) is 6.54. The van der Waals surface area contributed by atoms with Gasteiger partial charge in [0.25, 0.3) is 0 Å². The van der Waals surface area contributed by atoms with Gasteiger partial charge in [-0.05, 0) is 37.4 Å². The zero-order valence-electron chi connectivity index (χ0n) is 20.7. The van der Waals surface area contributed by atoms with Gasteiger partial charge < -0.3 is 24.4 Å². The minimum atomic E-state index is 0.635. The number of piperazine rings is 1. The summed E-state index contributed by atoms with van der Waals surface area (Å²) >= 11 is 0. The highest BCUT2D eigenvalue weighted by atomic mass is 16.5. The fraction of sp³-hybridized carbons (Fsp3) is 0.444. The summed E-state index contributed by atoms with van der Waals surface area (Å²) in [7, 11) is 4.13. The van der Waals surface area contributed by atoms with Crippen LogP contribution in [0.4, 0.5) is 5.69 Å². The number of hydrogen-bond acceptors (Lipinski definition) is 7. The molecule has 5 rings (SSSR count). The van der Waals surface area contributed by atoms with E-state index in [2.05, 4.69) is 40.5 Å². The molecule has 0 spiro atoms. The largest absolute Gasteiger partial charge is 0.490 e.